The van der Waals surface area contributed by atoms with Gasteiger partial charge in [-0.3, -0.25) is 0 Å². The van der Waals surface area contributed by atoms with Crippen molar-refractivity contribution in [1.29, 1.82) is 0 Å². The zero-order valence-electron chi connectivity index (χ0n) is 11.6. The summed E-state index contributed by atoms with van der Waals surface area (Å²) in [5.74, 6) is -1.34. The van der Waals surface area contributed by atoms with Crippen molar-refractivity contribution in [3.8, 4) is 0 Å². The van der Waals surface area contributed by atoms with E-state index in [1.807, 2.05) is 19.1 Å². The van der Waals surface area contributed by atoms with E-state index >= 15 is 0 Å². The van der Waals surface area contributed by atoms with Gasteiger partial charge in [-0.25, -0.2) is 18.2 Å². The van der Waals surface area contributed by atoms with Crippen LogP contribution < -0.4 is 0 Å². The van der Waals surface area contributed by atoms with Gasteiger partial charge in [0, 0.05) is 16.8 Å². The molecule has 0 aliphatic rings. The molecule has 0 spiro atoms. The van der Waals surface area contributed by atoms with Gasteiger partial charge in [0.2, 0.25) is 0 Å². The summed E-state index contributed by atoms with van der Waals surface area (Å²) in [5.41, 5.74) is 0.797. The molecule has 6 nitrogen and oxygen atoms in total. The average Bonchev–Trinajstić information content (AvgIpc) is 3.05. The van der Waals surface area contributed by atoms with Crippen LogP contribution in [0, 0.1) is 6.92 Å². The summed E-state index contributed by atoms with van der Waals surface area (Å²) in [4.78, 5) is 16.7. The van der Waals surface area contributed by atoms with Crippen LogP contribution in [0.3, 0.4) is 0 Å². The van der Waals surface area contributed by atoms with Crippen molar-refractivity contribution in [2.24, 2.45) is 0 Å². The summed E-state index contributed by atoms with van der Waals surface area (Å²) in [6.07, 6.45) is 0. The maximum absolute atomic E-state index is 12.6. The second kappa shape index (κ2) is 5.84. The number of carbonyl (C=O) groups is 1. The van der Waals surface area contributed by atoms with E-state index in [0.29, 0.717) is 0 Å². The molecule has 2 aromatic rings. The van der Waals surface area contributed by atoms with Crippen LogP contribution in [0.1, 0.15) is 33.2 Å². The van der Waals surface area contributed by atoms with Gasteiger partial charge in [0.05, 0.1) is 11.6 Å². The van der Waals surface area contributed by atoms with Crippen LogP contribution >= 0.6 is 22.7 Å². The number of thiazole rings is 1. The molecule has 9 heteroatoms. The molecule has 21 heavy (non-hydrogen) atoms. The predicted molar refractivity (Wildman–Crippen MR) is 81.5 cm³/mol. The van der Waals surface area contributed by atoms with Gasteiger partial charge in [-0.15, -0.1) is 22.7 Å². The van der Waals surface area contributed by atoms with E-state index in [0.717, 1.165) is 21.1 Å². The molecule has 2 rings (SSSR count). The topological polar surface area (TPSA) is 87.6 Å². The lowest BCUT2D eigenvalue weighted by Crippen LogP contribution is -2.30. The summed E-state index contributed by atoms with van der Waals surface area (Å²) in [6, 6.07) is 3.42. The lowest BCUT2D eigenvalue weighted by atomic mass is 10.3. The maximum atomic E-state index is 12.6. The van der Waals surface area contributed by atoms with Crippen molar-refractivity contribution >= 4 is 38.7 Å². The van der Waals surface area contributed by atoms with Gasteiger partial charge in [-0.2, -0.15) is 4.31 Å². The van der Waals surface area contributed by atoms with Gasteiger partial charge in [-0.05, 0) is 26.0 Å². The normalized spacial score (nSPS) is 13.5. The van der Waals surface area contributed by atoms with Crippen molar-refractivity contribution < 1.29 is 18.3 Å². The molecule has 0 aliphatic heterocycles. The van der Waals surface area contributed by atoms with Gasteiger partial charge < -0.3 is 5.11 Å². The molecular formula is C12H14N2O4S3. The lowest BCUT2D eigenvalue weighted by molar-refractivity contribution is 0.0687. The summed E-state index contributed by atoms with van der Waals surface area (Å²) in [5, 5.41) is 9.02. The van der Waals surface area contributed by atoms with Crippen LogP contribution in [0.4, 0.5) is 0 Å². The van der Waals surface area contributed by atoms with Crippen LogP contribution in [0.2, 0.25) is 0 Å². The van der Waals surface area contributed by atoms with Gasteiger partial charge in [0.15, 0.2) is 9.90 Å². The molecule has 0 fully saturated rings. The largest absolute Gasteiger partial charge is 0.476 e. The highest BCUT2D eigenvalue weighted by atomic mass is 32.2. The SMILES string of the molecule is Cc1ccc(C(C)N(C)S(=O)(=O)c2scnc2C(=O)O)s1. The standard InChI is InChI=1S/C12H14N2O4S3/c1-7-4-5-9(20-7)8(2)14(3)21(17,18)12-10(11(15)16)13-6-19-12/h4-6,8H,1-3H3,(H,15,16). The number of carboxylic acids is 1. The highest BCUT2D eigenvalue weighted by molar-refractivity contribution is 7.91. The molecule has 0 saturated heterocycles. The average molecular weight is 346 g/mol. The van der Waals surface area contributed by atoms with Gasteiger partial charge >= 0.3 is 5.97 Å². The van der Waals surface area contributed by atoms with Gasteiger partial charge in [0.1, 0.15) is 0 Å². The highest BCUT2D eigenvalue weighted by Gasteiger charge is 2.32. The number of aryl methyl sites for hydroxylation is 1. The molecule has 1 atom stereocenters. The van der Waals surface area contributed by atoms with E-state index in [-0.39, 0.29) is 10.3 Å². The number of nitrogens with zero attached hydrogens (tertiary/aromatic N) is 2. The molecule has 0 saturated carbocycles. The summed E-state index contributed by atoms with van der Waals surface area (Å²) >= 11 is 2.33. The molecule has 0 aromatic carbocycles. The third-order valence-electron chi connectivity index (χ3n) is 3.07. The number of carboxylic acid groups (broad SMARTS) is 1. The Labute approximate surface area is 130 Å². The molecular weight excluding hydrogens is 332 g/mol. The Hall–Kier alpha value is -1.29. The van der Waals surface area contributed by atoms with Crippen molar-refractivity contribution in [2.45, 2.75) is 24.1 Å². The van der Waals surface area contributed by atoms with E-state index in [9.17, 15) is 13.2 Å². The van der Waals surface area contributed by atoms with Crippen LogP contribution in [0.25, 0.3) is 0 Å². The van der Waals surface area contributed by atoms with Crippen LogP contribution in [-0.2, 0) is 10.0 Å². The number of hydrogen-bond acceptors (Lipinski definition) is 6. The Bertz CT molecular complexity index is 763. The zero-order valence-corrected chi connectivity index (χ0v) is 14.1. The van der Waals surface area contributed by atoms with Gasteiger partial charge in [-0.1, -0.05) is 0 Å². The number of sulfonamides is 1. The number of thiophene rings is 1. The Morgan fingerprint density at radius 1 is 1.43 bits per heavy atom. The minimum Gasteiger partial charge on any atom is -0.476 e. The number of aromatic carboxylic acids is 1. The fraction of sp³-hybridized carbons (Fsp3) is 0.333. The lowest BCUT2D eigenvalue weighted by Gasteiger charge is -2.22. The predicted octanol–water partition coefficient (Wildman–Crippen LogP) is 2.59. The fourth-order valence-electron chi connectivity index (χ4n) is 1.76. The van der Waals surface area contributed by atoms with E-state index < -0.39 is 21.7 Å². The highest BCUT2D eigenvalue weighted by Crippen LogP contribution is 2.32. The Balaban J connectivity index is 2.39. The first kappa shape index (κ1) is 16.1. The first-order chi connectivity index (χ1) is 9.75. The third-order valence-corrected chi connectivity index (χ3v) is 7.52. The van der Waals surface area contributed by atoms with E-state index in [1.165, 1.54) is 28.2 Å². The van der Waals surface area contributed by atoms with Crippen molar-refractivity contribution in [2.75, 3.05) is 7.05 Å². The van der Waals surface area contributed by atoms with E-state index in [2.05, 4.69) is 4.98 Å². The first-order valence-corrected chi connectivity index (χ1v) is 9.10. The molecule has 2 aromatic heterocycles. The molecule has 0 aliphatic carbocycles. The van der Waals surface area contributed by atoms with Crippen LogP contribution in [0.15, 0.2) is 21.9 Å². The Morgan fingerprint density at radius 2 is 2.10 bits per heavy atom. The van der Waals surface area contributed by atoms with Crippen molar-refractivity contribution in [3.63, 3.8) is 0 Å². The smallest absolute Gasteiger partial charge is 0.356 e. The first-order valence-electron chi connectivity index (χ1n) is 5.96. The van der Waals surface area contributed by atoms with Crippen molar-refractivity contribution in [1.82, 2.24) is 9.29 Å². The van der Waals surface area contributed by atoms with E-state index in [4.69, 9.17) is 5.11 Å². The molecule has 1 unspecified atom stereocenters. The second-order valence-corrected chi connectivity index (χ2v) is 8.81. The third kappa shape index (κ3) is 3.00. The van der Waals surface area contributed by atoms with Crippen molar-refractivity contribution in [3.05, 3.63) is 33.1 Å². The number of rotatable bonds is 5. The monoisotopic (exact) mass is 346 g/mol. The van der Waals surface area contributed by atoms with E-state index in [1.54, 1.807) is 6.92 Å². The van der Waals surface area contributed by atoms with Crippen LogP contribution in [0.5, 0.6) is 0 Å². The Morgan fingerprint density at radius 3 is 2.62 bits per heavy atom. The molecule has 0 amide bonds. The maximum Gasteiger partial charge on any atom is 0.356 e. The minimum absolute atomic E-state index is 0.238. The zero-order chi connectivity index (χ0) is 15.8. The fourth-order valence-corrected chi connectivity index (χ4v) is 5.45. The summed E-state index contributed by atoms with van der Waals surface area (Å²) < 4.78 is 26.1. The second-order valence-electron chi connectivity index (χ2n) is 4.44. The Kier molecular flexibility index (Phi) is 4.47. The molecule has 2 heterocycles. The molecule has 0 bridgehead atoms. The molecule has 0 radical (unpaired) electrons. The summed E-state index contributed by atoms with van der Waals surface area (Å²) in [6.45, 7) is 3.71. The molecule has 114 valence electrons. The number of aromatic nitrogens is 1. The minimum atomic E-state index is -3.89. The number of hydrogen-bond donors (Lipinski definition) is 1. The summed E-state index contributed by atoms with van der Waals surface area (Å²) in [7, 11) is -2.45. The van der Waals surface area contributed by atoms with Gasteiger partial charge in [0.25, 0.3) is 10.0 Å². The van der Waals surface area contributed by atoms with Crippen LogP contribution in [-0.4, -0.2) is 35.8 Å². The molecule has 1 N–H and O–H groups in total. The quantitative estimate of drug-likeness (QED) is 0.899.